The van der Waals surface area contributed by atoms with Crippen molar-refractivity contribution in [2.75, 3.05) is 18.6 Å². The molecule has 0 saturated carbocycles. The van der Waals surface area contributed by atoms with E-state index in [0.29, 0.717) is 17.7 Å². The fourth-order valence-electron chi connectivity index (χ4n) is 2.51. The standard InChI is InChI=1S/C16H14N2O3/c1-21-16(20)13-2-3-14-12(10-13)6-9-18(14)15(19)11-4-7-17-8-5-11/h2-5,7-8,10H,6,9H2,1H3. The fourth-order valence-corrected chi connectivity index (χ4v) is 2.51. The van der Waals surface area contributed by atoms with Crippen LogP contribution in [0.4, 0.5) is 5.69 Å². The van der Waals surface area contributed by atoms with Crippen LogP contribution in [-0.4, -0.2) is 30.5 Å². The monoisotopic (exact) mass is 282 g/mol. The summed E-state index contributed by atoms with van der Waals surface area (Å²) in [6.45, 7) is 0.612. The van der Waals surface area contributed by atoms with E-state index in [4.69, 9.17) is 4.74 Å². The number of carbonyl (C=O) groups is 2. The van der Waals surface area contributed by atoms with Gasteiger partial charge in [0.15, 0.2) is 0 Å². The molecule has 1 aliphatic heterocycles. The van der Waals surface area contributed by atoms with Crippen LogP contribution in [0.5, 0.6) is 0 Å². The minimum absolute atomic E-state index is 0.0537. The lowest BCUT2D eigenvalue weighted by molar-refractivity contribution is 0.0600. The SMILES string of the molecule is COC(=O)c1ccc2c(c1)CCN2C(=O)c1ccncc1. The van der Waals surface area contributed by atoms with Crippen molar-refractivity contribution in [2.45, 2.75) is 6.42 Å². The highest BCUT2D eigenvalue weighted by molar-refractivity contribution is 6.07. The van der Waals surface area contributed by atoms with E-state index in [0.717, 1.165) is 17.7 Å². The van der Waals surface area contributed by atoms with Gasteiger partial charge in [-0.25, -0.2) is 4.79 Å². The highest BCUT2D eigenvalue weighted by Crippen LogP contribution is 2.30. The summed E-state index contributed by atoms with van der Waals surface area (Å²) < 4.78 is 4.71. The van der Waals surface area contributed by atoms with Crippen LogP contribution in [0.25, 0.3) is 0 Å². The van der Waals surface area contributed by atoms with Crippen molar-refractivity contribution in [2.24, 2.45) is 0 Å². The summed E-state index contributed by atoms with van der Waals surface area (Å²) in [6, 6.07) is 8.67. The zero-order chi connectivity index (χ0) is 14.8. The number of aromatic nitrogens is 1. The molecule has 2 heterocycles. The molecule has 0 saturated heterocycles. The predicted molar refractivity (Wildman–Crippen MR) is 77.4 cm³/mol. The van der Waals surface area contributed by atoms with E-state index in [1.807, 2.05) is 0 Å². The van der Waals surface area contributed by atoms with Crippen molar-refractivity contribution in [1.29, 1.82) is 0 Å². The van der Waals surface area contributed by atoms with Gasteiger partial charge < -0.3 is 9.64 Å². The molecule has 21 heavy (non-hydrogen) atoms. The Morgan fingerprint density at radius 1 is 1.14 bits per heavy atom. The van der Waals surface area contributed by atoms with E-state index in [1.54, 1.807) is 47.6 Å². The Kier molecular flexibility index (Phi) is 3.39. The second-order valence-corrected chi connectivity index (χ2v) is 4.78. The lowest BCUT2D eigenvalue weighted by atomic mass is 10.1. The fraction of sp³-hybridized carbons (Fsp3) is 0.188. The third kappa shape index (κ3) is 2.38. The molecule has 0 unspecified atom stereocenters. The van der Waals surface area contributed by atoms with Crippen LogP contribution in [0.1, 0.15) is 26.3 Å². The van der Waals surface area contributed by atoms with Gasteiger partial charge in [-0.3, -0.25) is 9.78 Å². The quantitative estimate of drug-likeness (QED) is 0.791. The molecule has 0 radical (unpaired) electrons. The number of benzene rings is 1. The molecule has 0 aliphatic carbocycles. The number of nitrogens with zero attached hydrogens (tertiary/aromatic N) is 2. The van der Waals surface area contributed by atoms with Crippen molar-refractivity contribution in [3.63, 3.8) is 0 Å². The number of hydrogen-bond acceptors (Lipinski definition) is 4. The summed E-state index contributed by atoms with van der Waals surface area (Å²) in [5.74, 6) is -0.418. The van der Waals surface area contributed by atoms with E-state index < -0.39 is 0 Å². The molecule has 5 heteroatoms. The van der Waals surface area contributed by atoms with Gasteiger partial charge in [0.25, 0.3) is 5.91 Å². The second kappa shape index (κ2) is 5.36. The van der Waals surface area contributed by atoms with Gasteiger partial charge in [0, 0.05) is 30.2 Å². The molecule has 1 aromatic heterocycles. The molecule has 0 bridgehead atoms. The van der Waals surface area contributed by atoms with Crippen LogP contribution in [-0.2, 0) is 11.2 Å². The maximum Gasteiger partial charge on any atom is 0.337 e. The molecule has 0 fully saturated rings. The summed E-state index contributed by atoms with van der Waals surface area (Å²) in [6.07, 6.45) is 3.94. The zero-order valence-corrected chi connectivity index (χ0v) is 11.6. The van der Waals surface area contributed by atoms with Gasteiger partial charge in [-0.2, -0.15) is 0 Å². The Hall–Kier alpha value is -2.69. The number of esters is 1. The first-order valence-corrected chi connectivity index (χ1v) is 6.64. The first-order chi connectivity index (χ1) is 10.2. The molecule has 1 amide bonds. The minimum Gasteiger partial charge on any atom is -0.465 e. The second-order valence-electron chi connectivity index (χ2n) is 4.78. The highest BCUT2D eigenvalue weighted by atomic mass is 16.5. The highest BCUT2D eigenvalue weighted by Gasteiger charge is 2.26. The van der Waals surface area contributed by atoms with Crippen LogP contribution in [0.2, 0.25) is 0 Å². The number of anilines is 1. The average Bonchev–Trinajstić information content (AvgIpc) is 2.97. The molecule has 106 valence electrons. The predicted octanol–water partition coefficient (Wildman–Crippen LogP) is 2.07. The maximum atomic E-state index is 12.5. The number of amides is 1. The van der Waals surface area contributed by atoms with Gasteiger partial charge in [0.05, 0.1) is 12.7 Å². The van der Waals surface area contributed by atoms with Crippen LogP contribution in [0, 0.1) is 0 Å². The minimum atomic E-state index is -0.364. The number of fused-ring (bicyclic) bond motifs is 1. The van der Waals surface area contributed by atoms with Crippen molar-refractivity contribution in [3.8, 4) is 0 Å². The van der Waals surface area contributed by atoms with Crippen LogP contribution in [0.3, 0.4) is 0 Å². The molecule has 0 atom stereocenters. The summed E-state index contributed by atoms with van der Waals surface area (Å²) in [7, 11) is 1.36. The Labute approximate surface area is 122 Å². The van der Waals surface area contributed by atoms with Crippen LogP contribution < -0.4 is 4.90 Å². The van der Waals surface area contributed by atoms with E-state index in [-0.39, 0.29) is 11.9 Å². The average molecular weight is 282 g/mol. The van der Waals surface area contributed by atoms with Crippen molar-refractivity contribution >= 4 is 17.6 Å². The van der Waals surface area contributed by atoms with E-state index in [9.17, 15) is 9.59 Å². The first kappa shape index (κ1) is 13.3. The number of rotatable bonds is 2. The molecular weight excluding hydrogens is 268 g/mol. The third-order valence-electron chi connectivity index (χ3n) is 3.57. The maximum absolute atomic E-state index is 12.5. The smallest absolute Gasteiger partial charge is 0.337 e. The Morgan fingerprint density at radius 3 is 2.62 bits per heavy atom. The number of carbonyl (C=O) groups excluding carboxylic acids is 2. The number of methoxy groups -OCH3 is 1. The lowest BCUT2D eigenvalue weighted by Crippen LogP contribution is -2.28. The third-order valence-corrected chi connectivity index (χ3v) is 3.57. The van der Waals surface area contributed by atoms with Crippen molar-refractivity contribution < 1.29 is 14.3 Å². The molecule has 1 aromatic carbocycles. The van der Waals surface area contributed by atoms with E-state index in [2.05, 4.69) is 4.98 Å². The first-order valence-electron chi connectivity index (χ1n) is 6.64. The molecule has 0 N–H and O–H groups in total. The summed E-state index contributed by atoms with van der Waals surface area (Å²) in [5, 5.41) is 0. The van der Waals surface area contributed by atoms with Gasteiger partial charge in [-0.15, -0.1) is 0 Å². The van der Waals surface area contributed by atoms with Gasteiger partial charge >= 0.3 is 5.97 Å². The topological polar surface area (TPSA) is 59.5 Å². The van der Waals surface area contributed by atoms with Gasteiger partial charge in [-0.05, 0) is 42.3 Å². The zero-order valence-electron chi connectivity index (χ0n) is 11.6. The molecule has 0 spiro atoms. The molecule has 1 aliphatic rings. The lowest BCUT2D eigenvalue weighted by Gasteiger charge is -2.17. The Balaban J connectivity index is 1.91. The van der Waals surface area contributed by atoms with Crippen LogP contribution in [0.15, 0.2) is 42.7 Å². The number of ether oxygens (including phenoxy) is 1. The summed E-state index contributed by atoms with van der Waals surface area (Å²) >= 11 is 0. The largest absolute Gasteiger partial charge is 0.465 e. The van der Waals surface area contributed by atoms with E-state index in [1.165, 1.54) is 7.11 Å². The number of pyridine rings is 1. The summed E-state index contributed by atoms with van der Waals surface area (Å²) in [4.78, 5) is 29.7. The Bertz CT molecular complexity index is 698. The van der Waals surface area contributed by atoms with Gasteiger partial charge in [0.1, 0.15) is 0 Å². The molecular formula is C16H14N2O3. The van der Waals surface area contributed by atoms with Crippen molar-refractivity contribution in [1.82, 2.24) is 4.98 Å². The molecule has 5 nitrogen and oxygen atoms in total. The van der Waals surface area contributed by atoms with Crippen LogP contribution >= 0.6 is 0 Å². The van der Waals surface area contributed by atoms with E-state index >= 15 is 0 Å². The summed E-state index contributed by atoms with van der Waals surface area (Å²) in [5.41, 5.74) is 2.95. The van der Waals surface area contributed by atoms with Gasteiger partial charge in [-0.1, -0.05) is 0 Å². The number of hydrogen-bond donors (Lipinski definition) is 0. The normalized spacial score (nSPS) is 12.9. The Morgan fingerprint density at radius 2 is 1.90 bits per heavy atom. The van der Waals surface area contributed by atoms with Gasteiger partial charge in [0.2, 0.25) is 0 Å². The molecule has 3 rings (SSSR count). The van der Waals surface area contributed by atoms with Crippen molar-refractivity contribution in [3.05, 3.63) is 59.4 Å². The molecule has 2 aromatic rings.